The van der Waals surface area contributed by atoms with Crippen molar-refractivity contribution in [1.82, 2.24) is 0 Å². The normalized spacial score (nSPS) is 16.7. The van der Waals surface area contributed by atoms with Gasteiger partial charge in [-0.2, -0.15) is 0 Å². The number of carbonyl (C=O) groups is 3. The van der Waals surface area contributed by atoms with E-state index >= 15 is 0 Å². The van der Waals surface area contributed by atoms with Crippen molar-refractivity contribution in [3.63, 3.8) is 0 Å². The highest BCUT2D eigenvalue weighted by Crippen LogP contribution is 2.35. The predicted molar refractivity (Wildman–Crippen MR) is 81.3 cm³/mol. The number of hydrogen-bond acceptors (Lipinski definition) is 3. The van der Waals surface area contributed by atoms with Gasteiger partial charge in [-0.1, -0.05) is 24.3 Å². The van der Waals surface area contributed by atoms with Crippen LogP contribution in [0.4, 0.5) is 5.69 Å². The maximum atomic E-state index is 12.6. The fourth-order valence-corrected chi connectivity index (χ4v) is 3.28. The van der Waals surface area contributed by atoms with Gasteiger partial charge in [0.15, 0.2) is 5.78 Å². The van der Waals surface area contributed by atoms with Crippen molar-refractivity contribution in [2.45, 2.75) is 19.3 Å². The topological polar surface area (TPSA) is 54.5 Å². The largest absolute Gasteiger partial charge is 0.294 e. The van der Waals surface area contributed by atoms with E-state index in [4.69, 9.17) is 0 Å². The number of Topliss-reactive ketones (excluding diaryl/α,β-unsaturated/α-hetero) is 1. The first kappa shape index (κ1) is 13.0. The van der Waals surface area contributed by atoms with E-state index in [2.05, 4.69) is 0 Å². The van der Waals surface area contributed by atoms with Crippen LogP contribution in [0.15, 0.2) is 42.5 Å². The third kappa shape index (κ3) is 1.67. The summed E-state index contributed by atoms with van der Waals surface area (Å²) in [6.07, 6.45) is 2.00. The summed E-state index contributed by atoms with van der Waals surface area (Å²) >= 11 is 0. The molecule has 0 saturated carbocycles. The number of rotatable bonds is 1. The molecule has 0 aromatic heterocycles. The lowest BCUT2D eigenvalue weighted by Gasteiger charge is -2.23. The van der Waals surface area contributed by atoms with Crippen LogP contribution >= 0.6 is 0 Å². The van der Waals surface area contributed by atoms with Crippen LogP contribution in [-0.4, -0.2) is 17.6 Å². The monoisotopic (exact) mass is 291 g/mol. The fourth-order valence-electron chi connectivity index (χ4n) is 3.28. The first-order valence-electron chi connectivity index (χ1n) is 7.31. The van der Waals surface area contributed by atoms with Crippen molar-refractivity contribution in [2.75, 3.05) is 4.90 Å². The summed E-state index contributed by atoms with van der Waals surface area (Å²) in [4.78, 5) is 38.4. The quantitative estimate of drug-likeness (QED) is 0.759. The Morgan fingerprint density at radius 3 is 2.05 bits per heavy atom. The molecule has 0 saturated heterocycles. The molecule has 0 fully saturated rings. The van der Waals surface area contributed by atoms with Crippen LogP contribution in [0.25, 0.3) is 0 Å². The maximum absolute atomic E-state index is 12.6. The number of amides is 2. The third-order valence-electron chi connectivity index (χ3n) is 4.32. The molecule has 22 heavy (non-hydrogen) atoms. The number of hydrogen-bond donors (Lipinski definition) is 0. The number of ketones is 1. The standard InChI is InChI=1S/C18H13NO3/c20-16-10-4-7-11-12(16)8-3-9-15(11)19-17(21)13-5-1-2-6-14(13)18(19)22/h1-3,5-6,8-9H,4,7,10H2. The Morgan fingerprint density at radius 2 is 1.36 bits per heavy atom. The number of anilines is 1. The summed E-state index contributed by atoms with van der Waals surface area (Å²) in [7, 11) is 0. The zero-order valence-electron chi connectivity index (χ0n) is 11.8. The fraction of sp³-hybridized carbons (Fsp3) is 0.167. The molecular formula is C18H13NO3. The van der Waals surface area contributed by atoms with Crippen LogP contribution < -0.4 is 4.90 Å². The van der Waals surface area contributed by atoms with Gasteiger partial charge in [-0.25, -0.2) is 4.90 Å². The molecular weight excluding hydrogens is 278 g/mol. The molecule has 0 unspecified atom stereocenters. The van der Waals surface area contributed by atoms with Gasteiger partial charge in [0.25, 0.3) is 11.8 Å². The maximum Gasteiger partial charge on any atom is 0.266 e. The van der Waals surface area contributed by atoms with Gasteiger partial charge in [0.2, 0.25) is 0 Å². The van der Waals surface area contributed by atoms with Crippen LogP contribution in [0, 0.1) is 0 Å². The van der Waals surface area contributed by atoms with Crippen molar-refractivity contribution in [3.8, 4) is 0 Å². The van der Waals surface area contributed by atoms with Gasteiger partial charge < -0.3 is 0 Å². The van der Waals surface area contributed by atoms with Gasteiger partial charge >= 0.3 is 0 Å². The number of fused-ring (bicyclic) bond motifs is 2. The molecule has 2 aliphatic rings. The Hall–Kier alpha value is -2.75. The summed E-state index contributed by atoms with van der Waals surface area (Å²) in [6.45, 7) is 0. The average molecular weight is 291 g/mol. The molecule has 0 radical (unpaired) electrons. The zero-order valence-corrected chi connectivity index (χ0v) is 11.8. The predicted octanol–water partition coefficient (Wildman–Crippen LogP) is 3.01. The van der Waals surface area contributed by atoms with Crippen molar-refractivity contribution in [2.24, 2.45) is 0 Å². The molecule has 1 heterocycles. The minimum absolute atomic E-state index is 0.0831. The highest BCUT2D eigenvalue weighted by atomic mass is 16.2. The lowest BCUT2D eigenvalue weighted by molar-refractivity contribution is 0.0920. The van der Waals surface area contributed by atoms with Crippen molar-refractivity contribution in [3.05, 3.63) is 64.7 Å². The lowest BCUT2D eigenvalue weighted by atomic mass is 9.89. The molecule has 4 heteroatoms. The Kier molecular flexibility index (Phi) is 2.73. The van der Waals surface area contributed by atoms with Gasteiger partial charge in [-0.3, -0.25) is 14.4 Å². The Labute approximate surface area is 127 Å². The number of imide groups is 1. The smallest absolute Gasteiger partial charge is 0.266 e. The van der Waals surface area contributed by atoms with E-state index in [1.807, 2.05) is 0 Å². The van der Waals surface area contributed by atoms with Gasteiger partial charge in [0.05, 0.1) is 16.8 Å². The van der Waals surface area contributed by atoms with E-state index in [0.717, 1.165) is 12.0 Å². The minimum atomic E-state index is -0.313. The first-order chi connectivity index (χ1) is 10.7. The number of carbonyl (C=O) groups excluding carboxylic acids is 3. The molecule has 0 spiro atoms. The number of benzene rings is 2. The van der Waals surface area contributed by atoms with E-state index < -0.39 is 0 Å². The second-order valence-corrected chi connectivity index (χ2v) is 5.57. The van der Waals surface area contributed by atoms with Crippen molar-refractivity contribution >= 4 is 23.3 Å². The van der Waals surface area contributed by atoms with Crippen LogP contribution in [0.3, 0.4) is 0 Å². The third-order valence-corrected chi connectivity index (χ3v) is 4.32. The molecule has 108 valence electrons. The molecule has 4 rings (SSSR count). The van der Waals surface area contributed by atoms with Crippen LogP contribution in [0.2, 0.25) is 0 Å². The molecule has 1 aliphatic carbocycles. The lowest BCUT2D eigenvalue weighted by Crippen LogP contribution is -2.31. The SMILES string of the molecule is O=C1CCCc2c1cccc2N1C(=O)c2ccccc2C1=O. The van der Waals surface area contributed by atoms with E-state index in [9.17, 15) is 14.4 Å². The Balaban J connectivity index is 1.88. The average Bonchev–Trinajstić information content (AvgIpc) is 2.80. The summed E-state index contributed by atoms with van der Waals surface area (Å²) < 4.78 is 0. The minimum Gasteiger partial charge on any atom is -0.294 e. The molecule has 2 aromatic rings. The second kappa shape index (κ2) is 4.63. The molecule has 0 N–H and O–H groups in total. The zero-order chi connectivity index (χ0) is 15.3. The van der Waals surface area contributed by atoms with E-state index in [-0.39, 0.29) is 17.6 Å². The van der Waals surface area contributed by atoms with Crippen LogP contribution in [0.5, 0.6) is 0 Å². The summed E-state index contributed by atoms with van der Waals surface area (Å²) in [5.41, 5.74) is 2.85. The van der Waals surface area contributed by atoms with E-state index in [1.54, 1.807) is 42.5 Å². The van der Waals surface area contributed by atoms with E-state index in [1.165, 1.54) is 4.90 Å². The first-order valence-corrected chi connectivity index (χ1v) is 7.31. The molecule has 0 atom stereocenters. The molecule has 2 aromatic carbocycles. The van der Waals surface area contributed by atoms with Crippen LogP contribution in [-0.2, 0) is 6.42 Å². The molecule has 0 bridgehead atoms. The summed E-state index contributed by atoms with van der Waals surface area (Å²) in [5, 5.41) is 0. The second-order valence-electron chi connectivity index (χ2n) is 5.57. The molecule has 4 nitrogen and oxygen atoms in total. The highest BCUT2D eigenvalue weighted by molar-refractivity contribution is 6.34. The van der Waals surface area contributed by atoms with Crippen molar-refractivity contribution < 1.29 is 14.4 Å². The van der Waals surface area contributed by atoms with Gasteiger partial charge in [0.1, 0.15) is 0 Å². The molecule has 2 amide bonds. The van der Waals surface area contributed by atoms with Crippen molar-refractivity contribution in [1.29, 1.82) is 0 Å². The van der Waals surface area contributed by atoms with Gasteiger partial charge in [-0.05, 0) is 36.6 Å². The Bertz CT molecular complexity index is 803. The van der Waals surface area contributed by atoms with Gasteiger partial charge in [-0.15, -0.1) is 0 Å². The summed E-state index contributed by atoms with van der Waals surface area (Å²) in [6, 6.07) is 12.1. The van der Waals surface area contributed by atoms with Gasteiger partial charge in [0, 0.05) is 12.0 Å². The summed E-state index contributed by atoms with van der Waals surface area (Å²) in [5.74, 6) is -0.543. The number of nitrogens with zero attached hydrogens (tertiary/aromatic N) is 1. The Morgan fingerprint density at radius 1 is 0.727 bits per heavy atom. The van der Waals surface area contributed by atoms with E-state index in [0.29, 0.717) is 35.2 Å². The van der Waals surface area contributed by atoms with Crippen LogP contribution in [0.1, 0.15) is 49.5 Å². The highest BCUT2D eigenvalue weighted by Gasteiger charge is 2.38. The molecule has 1 aliphatic heterocycles.